The highest BCUT2D eigenvalue weighted by Crippen LogP contribution is 1.83. The molecule has 0 fully saturated rings. The van der Waals surface area contributed by atoms with Crippen LogP contribution >= 0.6 is 0 Å². The lowest BCUT2D eigenvalue weighted by molar-refractivity contribution is -0.130. The molecule has 3 amide bonds. The third-order valence-corrected chi connectivity index (χ3v) is 1.04. The Balaban J connectivity index is 3.77. The van der Waals surface area contributed by atoms with Gasteiger partial charge in [0.1, 0.15) is 0 Å². The highest BCUT2D eigenvalue weighted by Gasteiger charge is 2.13. The Labute approximate surface area is 64.0 Å². The molecule has 0 bridgehead atoms. The first-order valence-electron chi connectivity index (χ1n) is 3.00. The fraction of sp³-hybridized carbons (Fsp3) is 0.600. The topological polar surface area (TPSA) is 93.5 Å². The van der Waals surface area contributed by atoms with Crippen molar-refractivity contribution in [2.24, 2.45) is 5.90 Å². The van der Waals surface area contributed by atoms with E-state index in [4.69, 9.17) is 5.90 Å². The summed E-state index contributed by atoms with van der Waals surface area (Å²) < 4.78 is 0. The summed E-state index contributed by atoms with van der Waals surface area (Å²) >= 11 is 0. The van der Waals surface area contributed by atoms with Crippen molar-refractivity contribution in [1.29, 1.82) is 0 Å². The average Bonchev–Trinajstić information content (AvgIpc) is 2.02. The Morgan fingerprint density at radius 2 is 2.09 bits per heavy atom. The first-order chi connectivity index (χ1) is 5.11. The van der Waals surface area contributed by atoms with E-state index in [1.165, 1.54) is 14.0 Å². The molecular formula is C5H11N3O3. The van der Waals surface area contributed by atoms with Crippen molar-refractivity contribution < 1.29 is 14.4 Å². The van der Waals surface area contributed by atoms with Gasteiger partial charge < -0.3 is 5.32 Å². The van der Waals surface area contributed by atoms with E-state index >= 15 is 0 Å². The van der Waals surface area contributed by atoms with Crippen molar-refractivity contribution in [3.05, 3.63) is 0 Å². The molecule has 6 nitrogen and oxygen atoms in total. The molecule has 0 aliphatic heterocycles. The SMILES string of the molecule is CNC(=O)NC(=O)C(C)ON. The summed E-state index contributed by atoms with van der Waals surface area (Å²) in [5, 5.41) is 4.19. The van der Waals surface area contributed by atoms with Crippen LogP contribution in [0.1, 0.15) is 6.92 Å². The molecule has 4 N–H and O–H groups in total. The monoisotopic (exact) mass is 161 g/mol. The van der Waals surface area contributed by atoms with Gasteiger partial charge in [-0.25, -0.2) is 10.7 Å². The average molecular weight is 161 g/mol. The van der Waals surface area contributed by atoms with Gasteiger partial charge in [0.15, 0.2) is 6.10 Å². The summed E-state index contributed by atoms with van der Waals surface area (Å²) in [5.41, 5.74) is 0. The molecule has 6 heteroatoms. The number of urea groups is 1. The molecule has 1 atom stereocenters. The van der Waals surface area contributed by atoms with Crippen LogP contribution in [0.25, 0.3) is 0 Å². The van der Waals surface area contributed by atoms with Gasteiger partial charge >= 0.3 is 6.03 Å². The second-order valence-electron chi connectivity index (χ2n) is 1.85. The molecule has 1 unspecified atom stereocenters. The molecule has 0 radical (unpaired) electrons. The van der Waals surface area contributed by atoms with Crippen molar-refractivity contribution in [2.45, 2.75) is 13.0 Å². The third-order valence-electron chi connectivity index (χ3n) is 1.04. The Morgan fingerprint density at radius 3 is 2.45 bits per heavy atom. The van der Waals surface area contributed by atoms with Crippen molar-refractivity contribution in [2.75, 3.05) is 7.05 Å². The Kier molecular flexibility index (Phi) is 4.16. The zero-order valence-electron chi connectivity index (χ0n) is 6.38. The lowest BCUT2D eigenvalue weighted by Crippen LogP contribution is -2.43. The zero-order chi connectivity index (χ0) is 8.85. The number of carbonyl (C=O) groups excluding carboxylic acids is 2. The molecule has 0 heterocycles. The van der Waals surface area contributed by atoms with Crippen LogP contribution in [0.5, 0.6) is 0 Å². The molecule has 0 aliphatic carbocycles. The van der Waals surface area contributed by atoms with Crippen LogP contribution in [0, 0.1) is 0 Å². The summed E-state index contributed by atoms with van der Waals surface area (Å²) in [6.07, 6.45) is -0.827. The van der Waals surface area contributed by atoms with Crippen LogP contribution in [-0.4, -0.2) is 25.1 Å². The van der Waals surface area contributed by atoms with Gasteiger partial charge in [0.2, 0.25) is 0 Å². The van der Waals surface area contributed by atoms with E-state index < -0.39 is 18.0 Å². The quantitative estimate of drug-likeness (QED) is 0.440. The minimum absolute atomic E-state index is 0.577. The number of rotatable bonds is 2. The fourth-order valence-electron chi connectivity index (χ4n) is 0.338. The van der Waals surface area contributed by atoms with E-state index in [0.29, 0.717) is 0 Å². The van der Waals surface area contributed by atoms with Crippen LogP contribution in [0.2, 0.25) is 0 Å². The predicted molar refractivity (Wildman–Crippen MR) is 37.3 cm³/mol. The van der Waals surface area contributed by atoms with Crippen LogP contribution in [-0.2, 0) is 9.63 Å². The van der Waals surface area contributed by atoms with E-state index in [9.17, 15) is 9.59 Å². The summed E-state index contributed by atoms with van der Waals surface area (Å²) in [7, 11) is 1.40. The van der Waals surface area contributed by atoms with Gasteiger partial charge in [0.25, 0.3) is 5.91 Å². The molecule has 0 aromatic rings. The van der Waals surface area contributed by atoms with Crippen molar-refractivity contribution in [3.8, 4) is 0 Å². The van der Waals surface area contributed by atoms with Crippen LogP contribution < -0.4 is 16.5 Å². The van der Waals surface area contributed by atoms with Gasteiger partial charge in [-0.2, -0.15) is 0 Å². The number of nitrogens with one attached hydrogen (secondary N) is 2. The summed E-state index contributed by atoms with van der Waals surface area (Å²) in [5.74, 6) is 4.12. The number of amides is 3. The molecule has 11 heavy (non-hydrogen) atoms. The maximum atomic E-state index is 10.8. The van der Waals surface area contributed by atoms with E-state index in [2.05, 4.69) is 10.2 Å². The highest BCUT2D eigenvalue weighted by atomic mass is 16.6. The second-order valence-corrected chi connectivity index (χ2v) is 1.85. The molecule has 64 valence electrons. The summed E-state index contributed by atoms with van der Waals surface area (Å²) in [6, 6.07) is -0.584. The zero-order valence-corrected chi connectivity index (χ0v) is 6.38. The van der Waals surface area contributed by atoms with E-state index in [1.807, 2.05) is 5.32 Å². The standard InChI is InChI=1S/C5H11N3O3/c1-3(11-6)4(9)8-5(10)7-2/h3H,6H2,1-2H3,(H2,7,8,9,10). The largest absolute Gasteiger partial charge is 0.341 e. The second kappa shape index (κ2) is 4.64. The number of nitrogens with two attached hydrogens (primary N) is 1. The number of imide groups is 1. The lowest BCUT2D eigenvalue weighted by Gasteiger charge is -2.07. The summed E-state index contributed by atoms with van der Waals surface area (Å²) in [6.45, 7) is 1.43. The van der Waals surface area contributed by atoms with Crippen molar-refractivity contribution >= 4 is 11.9 Å². The maximum absolute atomic E-state index is 10.8. The van der Waals surface area contributed by atoms with Crippen LogP contribution in [0.4, 0.5) is 4.79 Å². The highest BCUT2D eigenvalue weighted by molar-refractivity contribution is 5.96. The fourth-order valence-corrected chi connectivity index (χ4v) is 0.338. The minimum atomic E-state index is -0.827. The van der Waals surface area contributed by atoms with E-state index in [1.54, 1.807) is 0 Å². The molecular weight excluding hydrogens is 150 g/mol. The first kappa shape index (κ1) is 9.86. The smallest absolute Gasteiger partial charge is 0.321 e. The number of hydrogen-bond donors (Lipinski definition) is 3. The van der Waals surface area contributed by atoms with Crippen molar-refractivity contribution in [1.82, 2.24) is 10.6 Å². The molecule has 0 saturated heterocycles. The van der Waals surface area contributed by atoms with Gasteiger partial charge in [0, 0.05) is 7.05 Å². The molecule has 0 saturated carbocycles. The molecule has 0 spiro atoms. The normalized spacial score (nSPS) is 11.9. The number of hydrogen-bond acceptors (Lipinski definition) is 4. The first-order valence-corrected chi connectivity index (χ1v) is 3.00. The Bertz CT molecular complexity index is 159. The van der Waals surface area contributed by atoms with Crippen molar-refractivity contribution in [3.63, 3.8) is 0 Å². The van der Waals surface area contributed by atoms with Gasteiger partial charge in [0.05, 0.1) is 0 Å². The minimum Gasteiger partial charge on any atom is -0.341 e. The Morgan fingerprint density at radius 1 is 1.55 bits per heavy atom. The maximum Gasteiger partial charge on any atom is 0.321 e. The predicted octanol–water partition coefficient (Wildman–Crippen LogP) is -1.28. The van der Waals surface area contributed by atoms with Gasteiger partial charge in [-0.15, -0.1) is 0 Å². The molecule has 0 aromatic carbocycles. The Hall–Kier alpha value is -1.14. The van der Waals surface area contributed by atoms with Gasteiger partial charge in [-0.3, -0.25) is 14.9 Å². The molecule has 0 aliphatic rings. The molecule has 0 aromatic heterocycles. The van der Waals surface area contributed by atoms with Crippen LogP contribution in [0.15, 0.2) is 0 Å². The van der Waals surface area contributed by atoms with E-state index in [-0.39, 0.29) is 0 Å². The van der Waals surface area contributed by atoms with Crippen LogP contribution in [0.3, 0.4) is 0 Å². The van der Waals surface area contributed by atoms with Gasteiger partial charge in [-0.05, 0) is 6.92 Å². The lowest BCUT2D eigenvalue weighted by atomic mass is 10.4. The summed E-state index contributed by atoms with van der Waals surface area (Å²) in [4.78, 5) is 25.4. The van der Waals surface area contributed by atoms with E-state index in [0.717, 1.165) is 0 Å². The number of carbonyl (C=O) groups is 2. The third kappa shape index (κ3) is 3.54. The molecule has 0 rings (SSSR count). The van der Waals surface area contributed by atoms with Gasteiger partial charge in [-0.1, -0.05) is 0 Å².